The summed E-state index contributed by atoms with van der Waals surface area (Å²) in [6.45, 7) is 0. The quantitative estimate of drug-likeness (QED) is 0.584. The van der Waals surface area contributed by atoms with Crippen molar-refractivity contribution in [3.05, 3.63) is 24.3 Å². The normalized spacial score (nSPS) is 10.0. The molecule has 0 bridgehead atoms. The van der Waals surface area contributed by atoms with Gasteiger partial charge in [-0.15, -0.1) is 6.42 Å². The first kappa shape index (κ1) is 16.7. The van der Waals surface area contributed by atoms with Gasteiger partial charge in [0, 0.05) is 40.4 Å². The van der Waals surface area contributed by atoms with Crippen molar-refractivity contribution in [1.82, 2.24) is 0 Å². The minimum Gasteiger partial charge on any atom is -0.400 e. The summed E-state index contributed by atoms with van der Waals surface area (Å²) >= 11 is 0. The molecular weight excluding hydrogens is 207 g/mol. The van der Waals surface area contributed by atoms with E-state index in [1.807, 2.05) is 12.2 Å². The third kappa shape index (κ3) is 15.7. The Morgan fingerprint density at radius 1 is 1.20 bits per heavy atom. The van der Waals surface area contributed by atoms with Gasteiger partial charge in [0.2, 0.25) is 0 Å². The van der Waals surface area contributed by atoms with E-state index in [2.05, 4.69) is 12.2 Å². The Kier molecular flexibility index (Phi) is 38.1. The van der Waals surface area contributed by atoms with E-state index in [1.54, 1.807) is 0 Å². The maximum atomic E-state index is 7.00. The van der Waals surface area contributed by atoms with Crippen LogP contribution >= 0.6 is 0 Å². The third-order valence-corrected chi connectivity index (χ3v) is 0.586. The molecule has 0 aliphatic heterocycles. The van der Waals surface area contributed by atoms with Gasteiger partial charge < -0.3 is 10.2 Å². The Morgan fingerprint density at radius 3 is 1.80 bits per heavy atom. The Labute approximate surface area is 81.4 Å². The molecule has 0 aromatic carbocycles. The first-order valence-corrected chi connectivity index (χ1v) is 2.61. The van der Waals surface area contributed by atoms with Gasteiger partial charge in [0.1, 0.15) is 0 Å². The van der Waals surface area contributed by atoms with Crippen LogP contribution in [-0.4, -0.2) is 24.4 Å². The number of rotatable bonds is 0. The van der Waals surface area contributed by atoms with Crippen molar-refractivity contribution in [3.63, 3.8) is 0 Å². The van der Waals surface area contributed by atoms with Crippen LogP contribution in [0.1, 0.15) is 6.42 Å². The molecular formula is C7H13O2Zr-. The van der Waals surface area contributed by atoms with E-state index < -0.39 is 0 Å². The molecule has 0 saturated heterocycles. The van der Waals surface area contributed by atoms with E-state index in [4.69, 9.17) is 10.2 Å². The van der Waals surface area contributed by atoms with Crippen molar-refractivity contribution in [2.24, 2.45) is 0 Å². The van der Waals surface area contributed by atoms with Gasteiger partial charge in [-0.2, -0.15) is 6.08 Å². The fourth-order valence-corrected chi connectivity index (χ4v) is 0.340. The molecule has 0 aromatic rings. The van der Waals surface area contributed by atoms with E-state index in [0.717, 1.165) is 20.6 Å². The van der Waals surface area contributed by atoms with Gasteiger partial charge in [0.05, 0.1) is 0 Å². The maximum absolute atomic E-state index is 7.00. The number of allylic oxidation sites excluding steroid dienone is 4. The molecule has 58 valence electrons. The summed E-state index contributed by atoms with van der Waals surface area (Å²) in [5.41, 5.74) is 0. The summed E-state index contributed by atoms with van der Waals surface area (Å²) in [4.78, 5) is 0. The van der Waals surface area contributed by atoms with Crippen LogP contribution in [-0.2, 0) is 26.2 Å². The van der Waals surface area contributed by atoms with Crippen LogP contribution in [0.4, 0.5) is 0 Å². The second kappa shape index (κ2) is 22.8. The van der Waals surface area contributed by atoms with Crippen molar-refractivity contribution < 1.29 is 36.4 Å². The Hall–Kier alpha value is 0.283. The summed E-state index contributed by atoms with van der Waals surface area (Å²) in [5, 5.41) is 14.0. The summed E-state index contributed by atoms with van der Waals surface area (Å²) < 4.78 is 0. The topological polar surface area (TPSA) is 40.5 Å². The third-order valence-electron chi connectivity index (χ3n) is 0.586. The first-order chi connectivity index (χ1) is 4.50. The van der Waals surface area contributed by atoms with Crippen molar-refractivity contribution in [2.75, 3.05) is 14.2 Å². The average molecular weight is 220 g/mol. The largest absolute Gasteiger partial charge is 0.400 e. The zero-order valence-electron chi connectivity index (χ0n) is 6.33. The van der Waals surface area contributed by atoms with Crippen molar-refractivity contribution in [1.29, 1.82) is 0 Å². The van der Waals surface area contributed by atoms with Gasteiger partial charge in [-0.3, -0.25) is 6.08 Å². The zero-order chi connectivity index (χ0) is 7.54. The van der Waals surface area contributed by atoms with Crippen LogP contribution in [0.25, 0.3) is 0 Å². The molecule has 0 amide bonds. The molecule has 1 aliphatic rings. The van der Waals surface area contributed by atoms with E-state index in [9.17, 15) is 0 Å². The van der Waals surface area contributed by atoms with Crippen molar-refractivity contribution >= 4 is 0 Å². The molecule has 0 fully saturated rings. The molecule has 0 saturated carbocycles. The monoisotopic (exact) mass is 219 g/mol. The maximum Gasteiger partial charge on any atom is 0.0319 e. The first-order valence-electron chi connectivity index (χ1n) is 2.61. The molecule has 0 spiro atoms. The van der Waals surface area contributed by atoms with E-state index in [0.29, 0.717) is 0 Å². The molecule has 0 heterocycles. The predicted molar refractivity (Wildman–Crippen MR) is 37.9 cm³/mol. The molecule has 0 radical (unpaired) electrons. The van der Waals surface area contributed by atoms with Crippen LogP contribution < -0.4 is 0 Å². The van der Waals surface area contributed by atoms with E-state index in [1.165, 1.54) is 0 Å². The smallest absolute Gasteiger partial charge is 0.0319 e. The molecule has 0 aromatic heterocycles. The van der Waals surface area contributed by atoms with Crippen LogP contribution in [0.3, 0.4) is 0 Å². The van der Waals surface area contributed by atoms with Gasteiger partial charge >= 0.3 is 0 Å². The summed E-state index contributed by atoms with van der Waals surface area (Å²) in [5.74, 6) is 0. The molecule has 2 nitrogen and oxygen atoms in total. The summed E-state index contributed by atoms with van der Waals surface area (Å²) in [6, 6.07) is 0. The predicted octanol–water partition coefficient (Wildman–Crippen LogP) is 0.520. The average Bonchev–Trinajstić information content (AvgIpc) is 2.51. The second-order valence-electron chi connectivity index (χ2n) is 1.00. The molecule has 10 heavy (non-hydrogen) atoms. The fourth-order valence-electron chi connectivity index (χ4n) is 0.340. The Morgan fingerprint density at radius 2 is 1.70 bits per heavy atom. The van der Waals surface area contributed by atoms with Gasteiger partial charge in [0.15, 0.2) is 0 Å². The SMILES string of the molecule is CO.CO.[C-]1=CC=CC1.[Zr]. The molecule has 2 N–H and O–H groups in total. The van der Waals surface area contributed by atoms with Crippen LogP contribution in [0.5, 0.6) is 0 Å². The number of aliphatic hydroxyl groups is 2. The van der Waals surface area contributed by atoms with Crippen LogP contribution in [0, 0.1) is 6.08 Å². The summed E-state index contributed by atoms with van der Waals surface area (Å²) in [6.07, 6.45) is 10.0. The molecule has 1 rings (SSSR count). The molecule has 0 unspecified atom stereocenters. The minimum atomic E-state index is 0. The number of aliphatic hydroxyl groups excluding tert-OH is 2. The molecule has 3 heteroatoms. The van der Waals surface area contributed by atoms with E-state index >= 15 is 0 Å². The fraction of sp³-hybridized carbons (Fsp3) is 0.429. The van der Waals surface area contributed by atoms with Gasteiger partial charge in [-0.25, -0.2) is 12.2 Å². The van der Waals surface area contributed by atoms with Gasteiger partial charge in [0.25, 0.3) is 0 Å². The number of hydrogen-bond donors (Lipinski definition) is 2. The zero-order valence-corrected chi connectivity index (χ0v) is 8.79. The van der Waals surface area contributed by atoms with Crippen LogP contribution in [0.2, 0.25) is 0 Å². The minimum absolute atomic E-state index is 0. The van der Waals surface area contributed by atoms with E-state index in [-0.39, 0.29) is 26.2 Å². The van der Waals surface area contributed by atoms with Gasteiger partial charge in [-0.1, -0.05) is 0 Å². The Balaban J connectivity index is -0.0000000875. The molecule has 1 aliphatic carbocycles. The second-order valence-corrected chi connectivity index (χ2v) is 1.00. The van der Waals surface area contributed by atoms with Crippen molar-refractivity contribution in [2.45, 2.75) is 6.42 Å². The van der Waals surface area contributed by atoms with Crippen LogP contribution in [0.15, 0.2) is 18.2 Å². The van der Waals surface area contributed by atoms with Crippen molar-refractivity contribution in [3.8, 4) is 0 Å². The summed E-state index contributed by atoms with van der Waals surface area (Å²) in [7, 11) is 2.00. The standard InChI is InChI=1S/C5H5.2CH4O.Zr/c1-2-4-5-3-1;2*1-2;/h1-3H,4H2;2*2H,1H3;/q-1;;;. The molecule has 0 atom stereocenters. The Bertz CT molecular complexity index is 69.7. The number of hydrogen-bond acceptors (Lipinski definition) is 2. The van der Waals surface area contributed by atoms with Gasteiger partial charge in [-0.05, 0) is 0 Å².